The van der Waals surface area contributed by atoms with Gasteiger partial charge in [-0.2, -0.15) is 4.31 Å². The van der Waals surface area contributed by atoms with Gasteiger partial charge in [0.25, 0.3) is 5.19 Å². The average molecular weight is 374 g/mol. The Hall–Kier alpha value is -1.96. The van der Waals surface area contributed by atoms with E-state index in [4.69, 9.17) is 4.74 Å². The standard InChI is InChI=1S/C18H18N2O3S2/c1-13-6-5-9-16-17(13)19-18(24-16)23-15-10-20(11-15)25(21,22)12-14-7-3-2-4-8-14/h2-9,15H,10-12H2,1H3. The van der Waals surface area contributed by atoms with Crippen molar-refractivity contribution in [1.82, 2.24) is 9.29 Å². The fraction of sp³-hybridized carbons (Fsp3) is 0.278. The van der Waals surface area contributed by atoms with Crippen molar-refractivity contribution in [3.8, 4) is 5.19 Å². The number of benzene rings is 2. The minimum Gasteiger partial charge on any atom is -0.464 e. The fourth-order valence-electron chi connectivity index (χ4n) is 2.84. The van der Waals surface area contributed by atoms with Gasteiger partial charge in [-0.3, -0.25) is 0 Å². The van der Waals surface area contributed by atoms with Gasteiger partial charge in [-0.1, -0.05) is 53.8 Å². The van der Waals surface area contributed by atoms with Crippen LogP contribution in [-0.4, -0.2) is 36.9 Å². The summed E-state index contributed by atoms with van der Waals surface area (Å²) in [7, 11) is -3.30. The highest BCUT2D eigenvalue weighted by atomic mass is 32.2. The molecule has 0 N–H and O–H groups in total. The van der Waals surface area contributed by atoms with Crippen molar-refractivity contribution in [3.05, 3.63) is 59.7 Å². The zero-order chi connectivity index (χ0) is 17.4. The third kappa shape index (κ3) is 3.40. The SMILES string of the molecule is Cc1cccc2sc(OC3CN(S(=O)(=O)Cc4ccccc4)C3)nc12. The topological polar surface area (TPSA) is 59.5 Å². The molecule has 0 radical (unpaired) electrons. The first-order valence-corrected chi connectivity index (χ1v) is 10.5. The molecule has 25 heavy (non-hydrogen) atoms. The number of para-hydroxylation sites is 1. The molecule has 1 aliphatic heterocycles. The molecule has 0 atom stereocenters. The Morgan fingerprint density at radius 1 is 1.16 bits per heavy atom. The molecule has 0 aliphatic carbocycles. The molecular weight excluding hydrogens is 356 g/mol. The van der Waals surface area contributed by atoms with Gasteiger partial charge in [0.2, 0.25) is 10.0 Å². The van der Waals surface area contributed by atoms with Crippen LogP contribution in [0.3, 0.4) is 0 Å². The van der Waals surface area contributed by atoms with Crippen LogP contribution < -0.4 is 4.74 Å². The first kappa shape index (κ1) is 16.5. The Balaban J connectivity index is 1.39. The molecule has 2 aromatic carbocycles. The van der Waals surface area contributed by atoms with Gasteiger partial charge >= 0.3 is 0 Å². The highest BCUT2D eigenvalue weighted by molar-refractivity contribution is 7.88. The molecule has 1 aromatic heterocycles. The summed E-state index contributed by atoms with van der Waals surface area (Å²) in [4.78, 5) is 4.52. The molecule has 4 rings (SSSR count). The third-order valence-corrected chi connectivity index (χ3v) is 6.96. The lowest BCUT2D eigenvalue weighted by atomic mass is 10.2. The number of fused-ring (bicyclic) bond motifs is 1. The van der Waals surface area contributed by atoms with Crippen LogP contribution in [-0.2, 0) is 15.8 Å². The van der Waals surface area contributed by atoms with E-state index in [2.05, 4.69) is 4.98 Å². The molecule has 0 saturated carbocycles. The van der Waals surface area contributed by atoms with Crippen molar-refractivity contribution >= 4 is 31.6 Å². The van der Waals surface area contributed by atoms with E-state index in [1.807, 2.05) is 55.5 Å². The molecule has 0 amide bonds. The number of ether oxygens (including phenoxy) is 1. The second kappa shape index (κ2) is 6.40. The molecule has 2 heterocycles. The predicted molar refractivity (Wildman–Crippen MR) is 99.4 cm³/mol. The lowest BCUT2D eigenvalue weighted by molar-refractivity contribution is 0.0760. The maximum absolute atomic E-state index is 12.4. The molecule has 1 aliphatic rings. The van der Waals surface area contributed by atoms with Gasteiger partial charge in [0, 0.05) is 0 Å². The molecule has 3 aromatic rings. The number of rotatable bonds is 5. The minimum atomic E-state index is -3.30. The Morgan fingerprint density at radius 2 is 1.92 bits per heavy atom. The smallest absolute Gasteiger partial charge is 0.274 e. The number of aryl methyl sites for hydroxylation is 1. The van der Waals surface area contributed by atoms with Crippen LogP contribution >= 0.6 is 11.3 Å². The van der Waals surface area contributed by atoms with Crippen LogP contribution in [0.2, 0.25) is 0 Å². The van der Waals surface area contributed by atoms with Crippen molar-refractivity contribution in [3.63, 3.8) is 0 Å². The van der Waals surface area contributed by atoms with Crippen LogP contribution in [0.1, 0.15) is 11.1 Å². The van der Waals surface area contributed by atoms with Gasteiger partial charge in [0.1, 0.15) is 6.10 Å². The Kier molecular flexibility index (Phi) is 4.23. The minimum absolute atomic E-state index is 0.0287. The quantitative estimate of drug-likeness (QED) is 0.688. The number of aromatic nitrogens is 1. The number of sulfonamides is 1. The third-order valence-electron chi connectivity index (χ3n) is 4.27. The van der Waals surface area contributed by atoms with Crippen LogP contribution in [0.4, 0.5) is 0 Å². The largest absolute Gasteiger partial charge is 0.464 e. The number of hydrogen-bond donors (Lipinski definition) is 0. The van der Waals surface area contributed by atoms with Crippen LogP contribution in [0.15, 0.2) is 48.5 Å². The summed E-state index contributed by atoms with van der Waals surface area (Å²) in [5, 5.41) is 0.606. The van der Waals surface area contributed by atoms with E-state index >= 15 is 0 Å². The van der Waals surface area contributed by atoms with Gasteiger partial charge in [-0.15, -0.1) is 0 Å². The first-order chi connectivity index (χ1) is 12.0. The Labute approximate surface area is 150 Å². The molecule has 130 valence electrons. The van der Waals surface area contributed by atoms with Crippen molar-refractivity contribution in [2.45, 2.75) is 18.8 Å². The van der Waals surface area contributed by atoms with E-state index in [0.29, 0.717) is 18.3 Å². The summed E-state index contributed by atoms with van der Waals surface area (Å²) >= 11 is 1.50. The van der Waals surface area contributed by atoms with E-state index in [1.165, 1.54) is 15.6 Å². The normalized spacial score (nSPS) is 16.0. The van der Waals surface area contributed by atoms with E-state index in [1.54, 1.807) is 0 Å². The van der Waals surface area contributed by atoms with E-state index in [0.717, 1.165) is 21.3 Å². The number of hydrogen-bond acceptors (Lipinski definition) is 5. The van der Waals surface area contributed by atoms with E-state index in [-0.39, 0.29) is 11.9 Å². The number of thiazole rings is 1. The van der Waals surface area contributed by atoms with Crippen molar-refractivity contribution in [2.75, 3.05) is 13.1 Å². The predicted octanol–water partition coefficient (Wildman–Crippen LogP) is 3.20. The molecule has 5 nitrogen and oxygen atoms in total. The van der Waals surface area contributed by atoms with Gasteiger partial charge in [0.05, 0.1) is 29.1 Å². The molecule has 0 unspecified atom stereocenters. The van der Waals surface area contributed by atoms with Gasteiger partial charge in [0.15, 0.2) is 0 Å². The van der Waals surface area contributed by atoms with Crippen molar-refractivity contribution < 1.29 is 13.2 Å². The summed E-state index contributed by atoms with van der Waals surface area (Å²) in [6.45, 7) is 2.78. The maximum Gasteiger partial charge on any atom is 0.274 e. The van der Waals surface area contributed by atoms with Gasteiger partial charge < -0.3 is 4.74 Å². The highest BCUT2D eigenvalue weighted by Crippen LogP contribution is 2.31. The second-order valence-electron chi connectivity index (χ2n) is 6.20. The second-order valence-corrected chi connectivity index (χ2v) is 9.16. The maximum atomic E-state index is 12.4. The van der Waals surface area contributed by atoms with Gasteiger partial charge in [-0.25, -0.2) is 13.4 Å². The average Bonchev–Trinajstić information content (AvgIpc) is 2.95. The first-order valence-electron chi connectivity index (χ1n) is 8.06. The zero-order valence-corrected chi connectivity index (χ0v) is 15.4. The molecule has 0 spiro atoms. The zero-order valence-electron chi connectivity index (χ0n) is 13.8. The van der Waals surface area contributed by atoms with Gasteiger partial charge in [-0.05, 0) is 24.1 Å². The Bertz CT molecular complexity index is 994. The lowest BCUT2D eigenvalue weighted by Crippen LogP contribution is -2.56. The molecule has 7 heteroatoms. The summed E-state index contributed by atoms with van der Waals surface area (Å²) in [6.07, 6.45) is -0.133. The van der Waals surface area contributed by atoms with E-state index in [9.17, 15) is 8.42 Å². The van der Waals surface area contributed by atoms with Crippen LogP contribution in [0.5, 0.6) is 5.19 Å². The summed E-state index contributed by atoms with van der Waals surface area (Å²) in [5.41, 5.74) is 2.87. The van der Waals surface area contributed by atoms with Crippen LogP contribution in [0, 0.1) is 6.92 Å². The summed E-state index contributed by atoms with van der Waals surface area (Å²) in [6, 6.07) is 15.3. The highest BCUT2D eigenvalue weighted by Gasteiger charge is 2.37. The van der Waals surface area contributed by atoms with E-state index < -0.39 is 10.0 Å². The monoisotopic (exact) mass is 374 g/mol. The Morgan fingerprint density at radius 3 is 2.64 bits per heavy atom. The molecular formula is C18H18N2O3S2. The van der Waals surface area contributed by atoms with Crippen molar-refractivity contribution in [2.24, 2.45) is 0 Å². The number of nitrogens with zero attached hydrogens (tertiary/aromatic N) is 2. The summed E-state index contributed by atoms with van der Waals surface area (Å²) < 4.78 is 33.3. The fourth-order valence-corrected chi connectivity index (χ4v) is 5.38. The van der Waals surface area contributed by atoms with Crippen LogP contribution in [0.25, 0.3) is 10.2 Å². The molecule has 1 fully saturated rings. The molecule has 1 saturated heterocycles. The molecule has 0 bridgehead atoms. The van der Waals surface area contributed by atoms with Crippen molar-refractivity contribution in [1.29, 1.82) is 0 Å². The lowest BCUT2D eigenvalue weighted by Gasteiger charge is -2.37. The summed E-state index contributed by atoms with van der Waals surface area (Å²) in [5.74, 6) is 0.0287.